The maximum absolute atomic E-state index is 7.59. The van der Waals surface area contributed by atoms with E-state index in [9.17, 15) is 0 Å². The highest BCUT2D eigenvalue weighted by Gasteiger charge is 2.03. The van der Waals surface area contributed by atoms with Gasteiger partial charge in [0.05, 0.1) is 0 Å². The Morgan fingerprint density at radius 2 is 2.25 bits per heavy atom. The van der Waals surface area contributed by atoms with Crippen LogP contribution in [-0.4, -0.2) is 4.57 Å². The summed E-state index contributed by atoms with van der Waals surface area (Å²) in [5, 5.41) is 7.59. The van der Waals surface area contributed by atoms with Gasteiger partial charge < -0.3 is 0 Å². The number of aromatic nitrogens is 1. The molecule has 12 heavy (non-hydrogen) atoms. The predicted octanol–water partition coefficient (Wildman–Crippen LogP) is 2.87. The maximum atomic E-state index is 7.59. The third-order valence-electron chi connectivity index (χ3n) is 1.85. The molecule has 0 aliphatic rings. The van der Waals surface area contributed by atoms with Gasteiger partial charge in [-0.1, -0.05) is 20.3 Å². The van der Waals surface area contributed by atoms with Crippen molar-refractivity contribution in [2.45, 2.75) is 26.8 Å². The molecule has 0 amide bonds. The van der Waals surface area contributed by atoms with Crippen LogP contribution >= 0.6 is 32.9 Å². The molecule has 1 aromatic rings. The largest absolute Gasteiger partial charge is 0.299 e. The van der Waals surface area contributed by atoms with Crippen LogP contribution in [0.15, 0.2) is 0 Å². The Labute approximate surface area is 84.4 Å². The second-order valence-corrected chi connectivity index (χ2v) is 5.61. The van der Waals surface area contributed by atoms with Gasteiger partial charge in [-0.3, -0.25) is 9.98 Å². The van der Waals surface area contributed by atoms with Crippen LogP contribution in [-0.2, 0) is 6.54 Å². The first-order chi connectivity index (χ1) is 5.65. The van der Waals surface area contributed by atoms with Crippen LogP contribution < -0.4 is 4.80 Å². The van der Waals surface area contributed by atoms with Crippen LogP contribution in [0.1, 0.15) is 20.3 Å². The van der Waals surface area contributed by atoms with Crippen molar-refractivity contribution in [3.8, 4) is 0 Å². The van der Waals surface area contributed by atoms with Crippen molar-refractivity contribution < 1.29 is 0 Å². The highest BCUT2D eigenvalue weighted by molar-refractivity contribution is 7.79. The average molecular weight is 220 g/mol. The van der Waals surface area contributed by atoms with E-state index >= 15 is 0 Å². The highest BCUT2D eigenvalue weighted by atomic mass is 32.9. The van der Waals surface area contributed by atoms with Crippen molar-refractivity contribution in [1.29, 1.82) is 5.41 Å². The average Bonchev–Trinajstić information content (AvgIpc) is 2.35. The number of hydrogen-bond donors (Lipinski definition) is 1. The third-order valence-corrected chi connectivity index (χ3v) is 4.66. The van der Waals surface area contributed by atoms with Gasteiger partial charge in [0, 0.05) is 6.54 Å². The number of hydrogen-bond acceptors (Lipinski definition) is 4. The first-order valence-corrected chi connectivity index (χ1v) is 6.45. The zero-order valence-electron chi connectivity index (χ0n) is 7.16. The van der Waals surface area contributed by atoms with Crippen molar-refractivity contribution >= 4 is 32.9 Å². The van der Waals surface area contributed by atoms with E-state index in [0.717, 1.165) is 16.9 Å². The van der Waals surface area contributed by atoms with Crippen LogP contribution in [0.5, 0.6) is 0 Å². The topological polar surface area (TPSA) is 28.8 Å². The SMILES string of the molecule is CCC(C)Cn1c(=N)ssc1=S. The summed E-state index contributed by atoms with van der Waals surface area (Å²) in [6.45, 7) is 5.24. The summed E-state index contributed by atoms with van der Waals surface area (Å²) in [6, 6.07) is 0. The van der Waals surface area contributed by atoms with E-state index in [1.807, 2.05) is 4.57 Å². The van der Waals surface area contributed by atoms with E-state index < -0.39 is 0 Å². The summed E-state index contributed by atoms with van der Waals surface area (Å²) in [5.74, 6) is 0.614. The van der Waals surface area contributed by atoms with E-state index in [4.69, 9.17) is 17.6 Å². The molecular formula is C7H12N2S3. The van der Waals surface area contributed by atoms with Gasteiger partial charge in [0.15, 0.2) is 8.76 Å². The molecule has 5 heteroatoms. The van der Waals surface area contributed by atoms with Crippen molar-refractivity contribution in [1.82, 2.24) is 4.57 Å². The van der Waals surface area contributed by atoms with Gasteiger partial charge in [-0.25, -0.2) is 0 Å². The summed E-state index contributed by atoms with van der Waals surface area (Å²) in [7, 11) is 2.97. The number of rotatable bonds is 3. The van der Waals surface area contributed by atoms with E-state index in [-0.39, 0.29) is 0 Å². The second kappa shape index (κ2) is 4.30. The molecule has 0 aromatic carbocycles. The minimum Gasteiger partial charge on any atom is -0.299 e. The van der Waals surface area contributed by atoms with Crippen molar-refractivity contribution in [2.75, 3.05) is 0 Å². The first-order valence-electron chi connectivity index (χ1n) is 3.89. The molecule has 0 aliphatic heterocycles. The lowest BCUT2D eigenvalue weighted by atomic mass is 10.1. The smallest absolute Gasteiger partial charge is 0.193 e. The minimum absolute atomic E-state index is 0.588. The Kier molecular flexibility index (Phi) is 3.61. The molecule has 0 saturated carbocycles. The van der Waals surface area contributed by atoms with Crippen molar-refractivity contribution in [3.63, 3.8) is 0 Å². The zero-order chi connectivity index (χ0) is 9.14. The molecule has 1 rings (SSSR count). The summed E-state index contributed by atoms with van der Waals surface area (Å²) >= 11 is 5.11. The van der Waals surface area contributed by atoms with Gasteiger partial charge in [-0.2, -0.15) is 0 Å². The number of nitrogens with one attached hydrogen (secondary N) is 1. The van der Waals surface area contributed by atoms with Crippen LogP contribution in [0.2, 0.25) is 0 Å². The highest BCUT2D eigenvalue weighted by Crippen LogP contribution is 2.09. The predicted molar refractivity (Wildman–Crippen MR) is 56.3 cm³/mol. The quantitative estimate of drug-likeness (QED) is 0.616. The molecule has 0 fully saturated rings. The van der Waals surface area contributed by atoms with Crippen LogP contribution in [0.4, 0.5) is 0 Å². The molecule has 0 aliphatic carbocycles. The summed E-state index contributed by atoms with van der Waals surface area (Å²) in [5.41, 5.74) is 0. The van der Waals surface area contributed by atoms with Gasteiger partial charge in [-0.05, 0) is 38.8 Å². The van der Waals surface area contributed by atoms with Gasteiger partial charge in [0.1, 0.15) is 0 Å². The molecular weight excluding hydrogens is 208 g/mol. The molecule has 0 saturated heterocycles. The molecule has 0 spiro atoms. The molecule has 1 atom stereocenters. The molecule has 1 heterocycles. The van der Waals surface area contributed by atoms with E-state index in [2.05, 4.69) is 13.8 Å². The van der Waals surface area contributed by atoms with Crippen LogP contribution in [0.3, 0.4) is 0 Å². The fourth-order valence-electron chi connectivity index (χ4n) is 0.846. The summed E-state index contributed by atoms with van der Waals surface area (Å²) in [6.07, 6.45) is 1.14. The number of nitrogens with zero attached hydrogens (tertiary/aromatic N) is 1. The Morgan fingerprint density at radius 1 is 1.58 bits per heavy atom. The zero-order valence-corrected chi connectivity index (χ0v) is 9.61. The van der Waals surface area contributed by atoms with Crippen molar-refractivity contribution in [2.24, 2.45) is 5.92 Å². The van der Waals surface area contributed by atoms with Gasteiger partial charge in [0.2, 0.25) is 0 Å². The Balaban J connectivity index is 2.88. The lowest BCUT2D eigenvalue weighted by Gasteiger charge is -2.07. The lowest BCUT2D eigenvalue weighted by molar-refractivity contribution is 0.459. The normalized spacial score (nSPS) is 13.2. The minimum atomic E-state index is 0.588. The van der Waals surface area contributed by atoms with Gasteiger partial charge in [0.25, 0.3) is 0 Å². The second-order valence-electron chi connectivity index (χ2n) is 2.86. The standard InChI is InChI=1S/C7H12N2S3/c1-3-5(2)4-9-6(8)11-12-7(9)10/h5,8H,3-4H2,1-2H3. The van der Waals surface area contributed by atoms with E-state index in [0.29, 0.717) is 10.7 Å². The van der Waals surface area contributed by atoms with Gasteiger partial charge >= 0.3 is 0 Å². The maximum Gasteiger partial charge on any atom is 0.193 e. The van der Waals surface area contributed by atoms with Crippen LogP contribution in [0, 0.1) is 15.3 Å². The summed E-state index contributed by atoms with van der Waals surface area (Å²) < 4.78 is 2.75. The lowest BCUT2D eigenvalue weighted by Crippen LogP contribution is -2.17. The third kappa shape index (κ3) is 2.24. The van der Waals surface area contributed by atoms with E-state index in [1.54, 1.807) is 0 Å². The molecule has 68 valence electrons. The Hall–Kier alpha value is -0.0000000000000000555. The summed E-state index contributed by atoms with van der Waals surface area (Å²) in [4.78, 5) is 0.588. The molecule has 1 unspecified atom stereocenters. The monoisotopic (exact) mass is 220 g/mol. The van der Waals surface area contributed by atoms with Crippen LogP contribution in [0.25, 0.3) is 0 Å². The van der Waals surface area contributed by atoms with Gasteiger partial charge in [-0.15, -0.1) is 0 Å². The molecule has 0 radical (unpaired) electrons. The molecule has 2 nitrogen and oxygen atoms in total. The molecule has 1 N–H and O–H groups in total. The van der Waals surface area contributed by atoms with Crippen molar-refractivity contribution in [3.05, 3.63) is 8.76 Å². The molecule has 1 aromatic heterocycles. The Bertz CT molecular complexity index is 319. The fourth-order valence-corrected chi connectivity index (χ4v) is 3.09. The fraction of sp³-hybridized carbons (Fsp3) is 0.714. The first kappa shape index (κ1) is 10.1. The molecule has 0 bridgehead atoms. The Morgan fingerprint density at radius 3 is 2.67 bits per heavy atom. The van der Waals surface area contributed by atoms with E-state index in [1.165, 1.54) is 20.7 Å².